The number of benzene rings is 1. The van der Waals surface area contributed by atoms with Gasteiger partial charge in [0.1, 0.15) is 5.75 Å². The molecule has 0 aliphatic carbocycles. The predicted molar refractivity (Wildman–Crippen MR) is 144 cm³/mol. The summed E-state index contributed by atoms with van der Waals surface area (Å²) in [4.78, 5) is 28.3. The van der Waals surface area contributed by atoms with E-state index in [4.69, 9.17) is 9.72 Å². The lowest BCUT2D eigenvalue weighted by Gasteiger charge is -2.06. The minimum absolute atomic E-state index is 0.355. The third-order valence-corrected chi connectivity index (χ3v) is 5.89. The van der Waals surface area contributed by atoms with E-state index in [0.29, 0.717) is 11.3 Å². The number of ether oxygens (including phenoxy) is 1. The fourth-order valence-corrected chi connectivity index (χ4v) is 4.14. The van der Waals surface area contributed by atoms with Crippen LogP contribution in [0.4, 0.5) is 0 Å². The van der Waals surface area contributed by atoms with E-state index in [9.17, 15) is 4.79 Å². The van der Waals surface area contributed by atoms with Crippen LogP contribution in [-0.4, -0.2) is 25.9 Å². The Hall–Kier alpha value is -4.97. The molecule has 0 fully saturated rings. The second-order valence-corrected chi connectivity index (χ2v) is 8.78. The first-order valence-electron chi connectivity index (χ1n) is 11.6. The summed E-state index contributed by atoms with van der Waals surface area (Å²) in [6.45, 7) is 5.25. The molecule has 2 N–H and O–H groups in total. The molecule has 0 radical (unpaired) electrons. The van der Waals surface area contributed by atoms with Crippen LogP contribution in [0.25, 0.3) is 45.9 Å². The molecule has 0 saturated heterocycles. The standard InChI is InChI=1S/C30H22N4O2/c1-18(2)30(35)36-27-11-3-19(4-12-27)28-16-26-15-24-8-7-22(32-24)13-20-5-6-21(31-20)14-23-9-10-25(33-23)17-29(28)34-26/h3-17,32-33H,1H2,2H3. The quantitative estimate of drug-likeness (QED) is 0.174. The number of aromatic amines is 2. The highest BCUT2D eigenvalue weighted by atomic mass is 16.5. The largest absolute Gasteiger partial charge is 0.423 e. The van der Waals surface area contributed by atoms with Crippen molar-refractivity contribution in [2.24, 2.45) is 0 Å². The maximum atomic E-state index is 11.9. The molecule has 0 amide bonds. The monoisotopic (exact) mass is 470 g/mol. The normalized spacial score (nSPS) is 12.3. The number of fused-ring (bicyclic) bond motifs is 8. The molecule has 1 aromatic carbocycles. The Balaban J connectivity index is 1.49. The maximum absolute atomic E-state index is 11.9. The van der Waals surface area contributed by atoms with Crippen LogP contribution in [-0.2, 0) is 4.79 Å². The summed E-state index contributed by atoms with van der Waals surface area (Å²) in [5, 5.41) is 0. The van der Waals surface area contributed by atoms with Crippen molar-refractivity contribution in [1.82, 2.24) is 19.9 Å². The first-order valence-corrected chi connectivity index (χ1v) is 11.6. The Morgan fingerprint density at radius 1 is 0.750 bits per heavy atom. The van der Waals surface area contributed by atoms with Crippen molar-refractivity contribution >= 4 is 51.8 Å². The van der Waals surface area contributed by atoms with Gasteiger partial charge in [0.2, 0.25) is 0 Å². The number of hydrogen-bond acceptors (Lipinski definition) is 4. The number of nitrogens with one attached hydrogen (secondary N) is 2. The molecule has 6 nitrogen and oxygen atoms in total. The minimum atomic E-state index is -0.442. The van der Waals surface area contributed by atoms with Crippen molar-refractivity contribution in [1.29, 1.82) is 0 Å². The van der Waals surface area contributed by atoms with Gasteiger partial charge in [0.15, 0.2) is 0 Å². The van der Waals surface area contributed by atoms with Crippen molar-refractivity contribution in [3.05, 3.63) is 113 Å². The molecule has 4 aromatic rings. The number of nitrogens with zero attached hydrogens (tertiary/aromatic N) is 2. The van der Waals surface area contributed by atoms with Gasteiger partial charge in [-0.25, -0.2) is 14.8 Å². The average Bonchev–Trinajstić information content (AvgIpc) is 3.65. The van der Waals surface area contributed by atoms with E-state index in [1.807, 2.05) is 72.8 Å². The van der Waals surface area contributed by atoms with Crippen LogP contribution in [0.2, 0.25) is 0 Å². The third kappa shape index (κ3) is 4.40. The fraction of sp³-hybridized carbons (Fsp3) is 0.0333. The van der Waals surface area contributed by atoms with Gasteiger partial charge in [-0.15, -0.1) is 0 Å². The smallest absolute Gasteiger partial charge is 0.338 e. The predicted octanol–water partition coefficient (Wildman–Crippen LogP) is 6.56. The highest BCUT2D eigenvalue weighted by molar-refractivity contribution is 5.94. The first kappa shape index (κ1) is 21.6. The zero-order chi connectivity index (χ0) is 24.6. The van der Waals surface area contributed by atoms with E-state index in [1.165, 1.54) is 0 Å². The summed E-state index contributed by atoms with van der Waals surface area (Å²) in [5.74, 6) is 0.0283. The van der Waals surface area contributed by atoms with Gasteiger partial charge in [0, 0.05) is 33.2 Å². The molecule has 0 spiro atoms. The van der Waals surface area contributed by atoms with E-state index in [0.717, 1.165) is 56.0 Å². The van der Waals surface area contributed by atoms with Gasteiger partial charge in [0.05, 0.1) is 22.8 Å². The highest BCUT2D eigenvalue weighted by Crippen LogP contribution is 2.30. The highest BCUT2D eigenvalue weighted by Gasteiger charge is 2.14. The average molecular weight is 471 g/mol. The van der Waals surface area contributed by atoms with Crippen LogP contribution < -0.4 is 4.74 Å². The summed E-state index contributed by atoms with van der Waals surface area (Å²) in [6, 6.07) is 23.6. The van der Waals surface area contributed by atoms with Gasteiger partial charge in [-0.2, -0.15) is 0 Å². The molecule has 2 aliphatic rings. The van der Waals surface area contributed by atoms with Gasteiger partial charge in [-0.3, -0.25) is 0 Å². The molecule has 6 rings (SSSR count). The first-order chi connectivity index (χ1) is 17.5. The Labute approximate surface area is 207 Å². The van der Waals surface area contributed by atoms with E-state index in [2.05, 4.69) is 27.6 Å². The van der Waals surface area contributed by atoms with Gasteiger partial charge >= 0.3 is 5.97 Å². The van der Waals surface area contributed by atoms with E-state index < -0.39 is 5.97 Å². The Morgan fingerprint density at radius 3 is 1.89 bits per heavy atom. The van der Waals surface area contributed by atoms with Crippen LogP contribution in [0.5, 0.6) is 5.75 Å². The zero-order valence-corrected chi connectivity index (χ0v) is 19.6. The van der Waals surface area contributed by atoms with Gasteiger partial charge in [-0.05, 0) is 91.4 Å². The number of aromatic nitrogens is 4. The molecule has 6 heteroatoms. The number of H-pyrrole nitrogens is 2. The lowest BCUT2D eigenvalue weighted by Crippen LogP contribution is -2.07. The second-order valence-electron chi connectivity index (χ2n) is 8.78. The van der Waals surface area contributed by atoms with Crippen molar-refractivity contribution < 1.29 is 9.53 Å². The lowest BCUT2D eigenvalue weighted by molar-refractivity contribution is -0.130. The molecule has 3 aromatic heterocycles. The van der Waals surface area contributed by atoms with Crippen LogP contribution >= 0.6 is 0 Å². The van der Waals surface area contributed by atoms with Gasteiger partial charge in [-0.1, -0.05) is 18.7 Å². The van der Waals surface area contributed by atoms with Crippen molar-refractivity contribution in [2.75, 3.05) is 0 Å². The van der Waals surface area contributed by atoms with Crippen LogP contribution in [0, 0.1) is 0 Å². The SMILES string of the molecule is C=C(C)C(=O)Oc1ccc(C2=Cc3cc4ccc(cc5nc(cc6ccc(cc2n3)[nH]6)C=C5)[nH]4)cc1. The van der Waals surface area contributed by atoms with Crippen molar-refractivity contribution in [2.45, 2.75) is 6.92 Å². The summed E-state index contributed by atoms with van der Waals surface area (Å²) < 4.78 is 5.34. The Morgan fingerprint density at radius 2 is 1.31 bits per heavy atom. The maximum Gasteiger partial charge on any atom is 0.338 e. The molecule has 8 bridgehead atoms. The molecule has 5 heterocycles. The number of esters is 1. The Bertz CT molecular complexity index is 1750. The molecular weight excluding hydrogens is 448 g/mol. The van der Waals surface area contributed by atoms with Gasteiger partial charge in [0.25, 0.3) is 0 Å². The molecule has 174 valence electrons. The summed E-state index contributed by atoms with van der Waals surface area (Å²) in [6.07, 6.45) is 6.07. The molecule has 0 atom stereocenters. The third-order valence-electron chi connectivity index (χ3n) is 5.89. The van der Waals surface area contributed by atoms with Gasteiger partial charge < -0.3 is 14.7 Å². The minimum Gasteiger partial charge on any atom is -0.423 e. The van der Waals surface area contributed by atoms with E-state index in [-0.39, 0.29) is 0 Å². The molecular formula is C30H22N4O2. The molecule has 0 unspecified atom stereocenters. The summed E-state index contributed by atoms with van der Waals surface area (Å²) >= 11 is 0. The van der Waals surface area contributed by atoms with E-state index >= 15 is 0 Å². The Kier molecular flexibility index (Phi) is 5.19. The molecule has 2 aliphatic heterocycles. The number of carbonyl (C=O) groups is 1. The van der Waals surface area contributed by atoms with Crippen molar-refractivity contribution in [3.8, 4) is 5.75 Å². The lowest BCUT2D eigenvalue weighted by atomic mass is 10.0. The topological polar surface area (TPSA) is 83.7 Å². The molecule has 36 heavy (non-hydrogen) atoms. The fourth-order valence-electron chi connectivity index (χ4n) is 4.14. The van der Waals surface area contributed by atoms with Crippen molar-refractivity contribution in [3.63, 3.8) is 0 Å². The van der Waals surface area contributed by atoms with E-state index in [1.54, 1.807) is 19.1 Å². The van der Waals surface area contributed by atoms with Crippen LogP contribution in [0.1, 0.15) is 35.3 Å². The number of rotatable bonds is 3. The zero-order valence-electron chi connectivity index (χ0n) is 19.6. The summed E-state index contributed by atoms with van der Waals surface area (Å²) in [5.41, 5.74) is 9.57. The van der Waals surface area contributed by atoms with Crippen LogP contribution in [0.15, 0.2) is 84.9 Å². The summed E-state index contributed by atoms with van der Waals surface area (Å²) in [7, 11) is 0. The molecule has 0 saturated carbocycles. The number of hydrogen-bond donors (Lipinski definition) is 2. The second kappa shape index (κ2) is 8.67. The van der Waals surface area contributed by atoms with Crippen LogP contribution in [0.3, 0.4) is 0 Å². The number of carbonyl (C=O) groups excluding carboxylic acids is 1.